The number of hydrogen-bond donors (Lipinski definition) is 0. The molecule has 0 heterocycles. The highest BCUT2D eigenvalue weighted by Gasteiger charge is 2.27. The van der Waals surface area contributed by atoms with Gasteiger partial charge in [0.15, 0.2) is 0 Å². The first-order valence-corrected chi connectivity index (χ1v) is 8.35. The quantitative estimate of drug-likeness (QED) is 0.454. The summed E-state index contributed by atoms with van der Waals surface area (Å²) in [7, 11) is -4.08. The van der Waals surface area contributed by atoms with Gasteiger partial charge < -0.3 is 0 Å². The Kier molecular flexibility index (Phi) is 4.99. The van der Waals surface area contributed by atoms with E-state index in [0.29, 0.717) is 5.56 Å². The molecule has 2 aromatic carbocycles. The van der Waals surface area contributed by atoms with E-state index >= 15 is 0 Å². The number of non-ortho nitro benzene ring substituents is 1. The molecule has 24 heavy (non-hydrogen) atoms. The molecule has 2 rings (SSSR count). The molecule has 0 aliphatic rings. The van der Waals surface area contributed by atoms with Crippen molar-refractivity contribution in [2.75, 3.05) is 10.8 Å². The number of nitro groups is 1. The SMILES string of the molecule is C=CCN(c1ccc(F)cc1)S(=O)(=O)c1cc([N+](=O)[O-])ccc1C. The third-order valence-electron chi connectivity index (χ3n) is 3.36. The number of benzene rings is 2. The highest BCUT2D eigenvalue weighted by atomic mass is 32.2. The van der Waals surface area contributed by atoms with Crippen LogP contribution < -0.4 is 4.31 Å². The molecule has 0 radical (unpaired) electrons. The maximum Gasteiger partial charge on any atom is 0.270 e. The highest BCUT2D eigenvalue weighted by Crippen LogP contribution is 2.28. The normalized spacial score (nSPS) is 11.1. The summed E-state index contributed by atoms with van der Waals surface area (Å²) in [5.41, 5.74) is 0.288. The average molecular weight is 350 g/mol. The monoisotopic (exact) mass is 350 g/mol. The van der Waals surface area contributed by atoms with Crippen LogP contribution in [0.25, 0.3) is 0 Å². The van der Waals surface area contributed by atoms with E-state index in [-0.39, 0.29) is 22.8 Å². The van der Waals surface area contributed by atoms with Crippen molar-refractivity contribution < 1.29 is 17.7 Å². The van der Waals surface area contributed by atoms with Gasteiger partial charge >= 0.3 is 0 Å². The Morgan fingerprint density at radius 3 is 2.42 bits per heavy atom. The van der Waals surface area contributed by atoms with E-state index in [2.05, 4.69) is 6.58 Å². The second-order valence-electron chi connectivity index (χ2n) is 5.01. The Morgan fingerprint density at radius 2 is 1.88 bits per heavy atom. The van der Waals surface area contributed by atoms with Crippen LogP contribution in [0.2, 0.25) is 0 Å². The molecule has 8 heteroatoms. The van der Waals surface area contributed by atoms with Crippen LogP contribution in [0.1, 0.15) is 5.56 Å². The van der Waals surface area contributed by atoms with Crippen molar-refractivity contribution in [1.29, 1.82) is 0 Å². The van der Waals surface area contributed by atoms with Gasteiger partial charge in [-0.15, -0.1) is 6.58 Å². The maximum absolute atomic E-state index is 13.1. The number of nitro benzene ring substituents is 1. The molecular formula is C16H15FN2O4S. The highest BCUT2D eigenvalue weighted by molar-refractivity contribution is 7.92. The van der Waals surface area contributed by atoms with Gasteiger partial charge in [0, 0.05) is 12.1 Å². The third-order valence-corrected chi connectivity index (χ3v) is 5.30. The lowest BCUT2D eigenvalue weighted by molar-refractivity contribution is -0.385. The van der Waals surface area contributed by atoms with E-state index in [9.17, 15) is 22.9 Å². The molecule has 0 aliphatic heterocycles. The number of hydrogen-bond acceptors (Lipinski definition) is 4. The van der Waals surface area contributed by atoms with Crippen molar-refractivity contribution in [3.63, 3.8) is 0 Å². The van der Waals surface area contributed by atoms with E-state index in [1.807, 2.05) is 0 Å². The van der Waals surface area contributed by atoms with E-state index in [0.717, 1.165) is 22.5 Å². The summed E-state index contributed by atoms with van der Waals surface area (Å²) in [5, 5.41) is 10.9. The molecule has 126 valence electrons. The van der Waals surface area contributed by atoms with Gasteiger partial charge in [0.1, 0.15) is 5.82 Å². The molecule has 0 fully saturated rings. The van der Waals surface area contributed by atoms with Crippen LogP contribution in [-0.4, -0.2) is 19.9 Å². The fourth-order valence-electron chi connectivity index (χ4n) is 2.17. The number of halogens is 1. The van der Waals surface area contributed by atoms with E-state index in [1.165, 1.54) is 30.3 Å². The first-order chi connectivity index (χ1) is 11.3. The second kappa shape index (κ2) is 6.79. The van der Waals surface area contributed by atoms with Crippen molar-refractivity contribution >= 4 is 21.4 Å². The van der Waals surface area contributed by atoms with E-state index < -0.39 is 20.8 Å². The smallest absolute Gasteiger partial charge is 0.263 e. The molecule has 0 aliphatic carbocycles. The molecule has 0 amide bonds. The molecule has 0 aromatic heterocycles. The third kappa shape index (κ3) is 3.43. The average Bonchev–Trinajstić information content (AvgIpc) is 2.53. The predicted molar refractivity (Wildman–Crippen MR) is 89.0 cm³/mol. The second-order valence-corrected chi connectivity index (χ2v) is 6.84. The van der Waals surface area contributed by atoms with Crippen molar-refractivity contribution in [2.45, 2.75) is 11.8 Å². The van der Waals surface area contributed by atoms with Gasteiger partial charge in [0.2, 0.25) is 0 Å². The number of nitrogens with zero attached hydrogens (tertiary/aromatic N) is 2. The summed E-state index contributed by atoms with van der Waals surface area (Å²) in [4.78, 5) is 10.1. The van der Waals surface area contributed by atoms with Gasteiger partial charge in [0.05, 0.1) is 22.1 Å². The Bertz CT molecular complexity index is 879. The van der Waals surface area contributed by atoms with Crippen molar-refractivity contribution in [1.82, 2.24) is 0 Å². The van der Waals surface area contributed by atoms with Gasteiger partial charge in [-0.05, 0) is 36.8 Å². The van der Waals surface area contributed by atoms with Crippen molar-refractivity contribution in [3.05, 3.63) is 76.6 Å². The number of aryl methyl sites for hydroxylation is 1. The fraction of sp³-hybridized carbons (Fsp3) is 0.125. The summed E-state index contributed by atoms with van der Waals surface area (Å²) < 4.78 is 40.0. The van der Waals surface area contributed by atoms with Crippen LogP contribution in [0.3, 0.4) is 0 Å². The van der Waals surface area contributed by atoms with Crippen LogP contribution in [0, 0.1) is 22.9 Å². The van der Waals surface area contributed by atoms with Gasteiger partial charge in [-0.1, -0.05) is 12.1 Å². The molecule has 2 aromatic rings. The Hall–Kier alpha value is -2.74. The molecule has 0 unspecified atom stereocenters. The number of rotatable bonds is 6. The van der Waals surface area contributed by atoms with E-state index in [1.54, 1.807) is 6.92 Å². The first-order valence-electron chi connectivity index (χ1n) is 6.91. The lowest BCUT2D eigenvalue weighted by atomic mass is 10.2. The Balaban J connectivity index is 2.60. The summed E-state index contributed by atoms with van der Waals surface area (Å²) in [5.74, 6) is -0.499. The summed E-state index contributed by atoms with van der Waals surface area (Å²) >= 11 is 0. The van der Waals surface area contributed by atoms with Gasteiger partial charge in [-0.25, -0.2) is 12.8 Å². The van der Waals surface area contributed by atoms with Crippen LogP contribution in [-0.2, 0) is 10.0 Å². The zero-order chi connectivity index (χ0) is 17.9. The summed E-state index contributed by atoms with van der Waals surface area (Å²) in [6.07, 6.45) is 1.38. The fourth-order valence-corrected chi connectivity index (χ4v) is 3.85. The lowest BCUT2D eigenvalue weighted by Gasteiger charge is -2.24. The van der Waals surface area contributed by atoms with Gasteiger partial charge in [0.25, 0.3) is 15.7 Å². The minimum absolute atomic E-state index is 0.0594. The zero-order valence-electron chi connectivity index (χ0n) is 12.8. The molecule has 0 bridgehead atoms. The summed E-state index contributed by atoms with van der Waals surface area (Å²) in [6.45, 7) is 5.02. The van der Waals surface area contributed by atoms with Crippen LogP contribution in [0.5, 0.6) is 0 Å². The van der Waals surface area contributed by atoms with Crippen LogP contribution in [0.15, 0.2) is 60.0 Å². The lowest BCUT2D eigenvalue weighted by Crippen LogP contribution is -2.31. The topological polar surface area (TPSA) is 80.5 Å². The van der Waals surface area contributed by atoms with Gasteiger partial charge in [-0.3, -0.25) is 14.4 Å². The molecule has 0 spiro atoms. The Labute approximate surface area is 139 Å². The molecule has 0 N–H and O–H groups in total. The van der Waals surface area contributed by atoms with E-state index in [4.69, 9.17) is 0 Å². The molecule has 0 saturated carbocycles. The maximum atomic E-state index is 13.1. The predicted octanol–water partition coefficient (Wildman–Crippen LogP) is 3.42. The zero-order valence-corrected chi connectivity index (χ0v) is 13.7. The standard InChI is InChI=1S/C16H15FN2O4S/c1-3-10-18(14-8-5-13(17)6-9-14)24(22,23)16-11-15(19(20)21)7-4-12(16)2/h3-9,11H,1,10H2,2H3. The minimum Gasteiger partial charge on any atom is -0.263 e. The molecule has 0 atom stereocenters. The Morgan fingerprint density at radius 1 is 1.25 bits per heavy atom. The minimum atomic E-state index is -4.08. The molecule has 0 saturated heterocycles. The first kappa shape index (κ1) is 17.6. The summed E-state index contributed by atoms with van der Waals surface area (Å²) in [6, 6.07) is 8.56. The van der Waals surface area contributed by atoms with Crippen molar-refractivity contribution in [2.24, 2.45) is 0 Å². The van der Waals surface area contributed by atoms with Gasteiger partial charge in [-0.2, -0.15) is 0 Å². The molecular weight excluding hydrogens is 335 g/mol. The molecule has 6 nitrogen and oxygen atoms in total. The van der Waals surface area contributed by atoms with Crippen LogP contribution >= 0.6 is 0 Å². The van der Waals surface area contributed by atoms with Crippen molar-refractivity contribution in [3.8, 4) is 0 Å². The largest absolute Gasteiger partial charge is 0.270 e. The number of anilines is 1. The van der Waals surface area contributed by atoms with Crippen LogP contribution in [0.4, 0.5) is 15.8 Å². The number of sulfonamides is 1.